The van der Waals surface area contributed by atoms with Crippen LogP contribution in [0.15, 0.2) is 23.4 Å². The molecule has 1 amide bonds. The topological polar surface area (TPSA) is 92.4 Å². The SMILES string of the molecule is CCOc1ccc2nc(SCC(=O)N([C@H]3CCS(=O)(=O)C3)[C@@H](C)CC)[nH]c2c1. The van der Waals surface area contributed by atoms with Crippen LogP contribution in [0.25, 0.3) is 11.0 Å². The summed E-state index contributed by atoms with van der Waals surface area (Å²) in [5.41, 5.74) is 1.68. The van der Waals surface area contributed by atoms with Gasteiger partial charge < -0.3 is 14.6 Å². The third-order valence-electron chi connectivity index (χ3n) is 5.03. The number of H-pyrrole nitrogens is 1. The first-order valence-electron chi connectivity index (χ1n) is 9.60. The van der Waals surface area contributed by atoms with Crippen LogP contribution >= 0.6 is 11.8 Å². The molecule has 2 heterocycles. The molecule has 1 aliphatic rings. The number of sulfone groups is 1. The minimum Gasteiger partial charge on any atom is -0.494 e. The standard InChI is InChI=1S/C19H27N3O4S2/c1-4-13(3)22(14-8-9-28(24,25)12-14)18(23)11-27-19-20-16-7-6-15(26-5-2)10-17(16)21-19/h6-7,10,13-14H,4-5,8-9,11-12H2,1-3H3,(H,20,21)/t13-,14-/m0/s1. The lowest BCUT2D eigenvalue weighted by Gasteiger charge is -2.33. The summed E-state index contributed by atoms with van der Waals surface area (Å²) < 4.78 is 29.2. The molecule has 2 aromatic rings. The second kappa shape index (κ2) is 8.73. The minimum atomic E-state index is -3.04. The Morgan fingerprint density at radius 1 is 1.43 bits per heavy atom. The van der Waals surface area contributed by atoms with E-state index in [0.29, 0.717) is 18.2 Å². The Morgan fingerprint density at radius 3 is 2.86 bits per heavy atom. The van der Waals surface area contributed by atoms with E-state index in [1.165, 1.54) is 11.8 Å². The quantitative estimate of drug-likeness (QED) is 0.654. The van der Waals surface area contributed by atoms with Gasteiger partial charge in [-0.25, -0.2) is 13.4 Å². The molecule has 2 atom stereocenters. The molecule has 154 valence electrons. The highest BCUT2D eigenvalue weighted by atomic mass is 32.2. The van der Waals surface area contributed by atoms with Crippen molar-refractivity contribution >= 4 is 38.5 Å². The second-order valence-electron chi connectivity index (χ2n) is 7.06. The predicted octanol–water partition coefficient (Wildman–Crippen LogP) is 2.87. The number of imidazole rings is 1. The molecule has 3 rings (SSSR count). The van der Waals surface area contributed by atoms with Crippen LogP contribution in [0.4, 0.5) is 0 Å². The summed E-state index contributed by atoms with van der Waals surface area (Å²) in [6.07, 6.45) is 1.31. The highest BCUT2D eigenvalue weighted by Crippen LogP contribution is 2.26. The summed E-state index contributed by atoms with van der Waals surface area (Å²) in [7, 11) is -3.04. The molecule has 0 aliphatic carbocycles. The van der Waals surface area contributed by atoms with Gasteiger partial charge in [0.05, 0.1) is 34.9 Å². The number of nitrogens with zero attached hydrogens (tertiary/aromatic N) is 2. The molecule has 1 aromatic carbocycles. The zero-order valence-corrected chi connectivity index (χ0v) is 18.1. The number of nitrogens with one attached hydrogen (secondary N) is 1. The third kappa shape index (κ3) is 4.81. The predicted molar refractivity (Wildman–Crippen MR) is 112 cm³/mol. The first-order chi connectivity index (χ1) is 13.3. The second-order valence-corrected chi connectivity index (χ2v) is 10.3. The zero-order chi connectivity index (χ0) is 20.3. The molecule has 1 saturated heterocycles. The van der Waals surface area contributed by atoms with Gasteiger partial charge in [0.15, 0.2) is 15.0 Å². The third-order valence-corrected chi connectivity index (χ3v) is 7.64. The minimum absolute atomic E-state index is 0.0100. The van der Waals surface area contributed by atoms with Crippen molar-refractivity contribution in [1.29, 1.82) is 0 Å². The first kappa shape index (κ1) is 21.0. The van der Waals surface area contributed by atoms with Crippen LogP contribution in [0, 0.1) is 0 Å². The first-order valence-corrected chi connectivity index (χ1v) is 12.4. The van der Waals surface area contributed by atoms with Gasteiger partial charge in [0.1, 0.15) is 5.75 Å². The summed E-state index contributed by atoms with van der Waals surface area (Å²) in [4.78, 5) is 22.4. The summed E-state index contributed by atoms with van der Waals surface area (Å²) in [6, 6.07) is 5.44. The molecular formula is C19H27N3O4S2. The molecule has 1 aromatic heterocycles. The van der Waals surface area contributed by atoms with E-state index in [1.807, 2.05) is 39.0 Å². The van der Waals surface area contributed by atoms with Crippen LogP contribution < -0.4 is 4.74 Å². The number of carbonyl (C=O) groups excluding carboxylic acids is 1. The monoisotopic (exact) mass is 425 g/mol. The summed E-state index contributed by atoms with van der Waals surface area (Å²) in [5.74, 6) is 1.18. The Balaban J connectivity index is 1.69. The molecular weight excluding hydrogens is 398 g/mol. The van der Waals surface area contributed by atoms with E-state index in [2.05, 4.69) is 9.97 Å². The largest absolute Gasteiger partial charge is 0.494 e. The Kier molecular flexibility index (Phi) is 6.54. The van der Waals surface area contributed by atoms with Crippen LogP contribution in [-0.4, -0.2) is 65.1 Å². The van der Waals surface area contributed by atoms with Crippen molar-refractivity contribution in [2.24, 2.45) is 0 Å². The van der Waals surface area contributed by atoms with Gasteiger partial charge in [0.25, 0.3) is 0 Å². The Hall–Kier alpha value is -1.74. The molecule has 0 spiro atoms. The van der Waals surface area contributed by atoms with Gasteiger partial charge in [-0.05, 0) is 38.8 Å². The van der Waals surface area contributed by atoms with Crippen molar-refractivity contribution in [2.75, 3.05) is 23.9 Å². The smallest absolute Gasteiger partial charge is 0.233 e. The number of hydrogen-bond donors (Lipinski definition) is 1. The lowest BCUT2D eigenvalue weighted by molar-refractivity contribution is -0.132. The van der Waals surface area contributed by atoms with Crippen LogP contribution in [0.1, 0.15) is 33.6 Å². The number of fused-ring (bicyclic) bond motifs is 1. The summed E-state index contributed by atoms with van der Waals surface area (Å²) in [5, 5.41) is 0.667. The van der Waals surface area contributed by atoms with E-state index in [0.717, 1.165) is 23.2 Å². The molecule has 0 bridgehead atoms. The van der Waals surface area contributed by atoms with E-state index in [-0.39, 0.29) is 35.2 Å². The van der Waals surface area contributed by atoms with Gasteiger partial charge in [0.2, 0.25) is 5.91 Å². The van der Waals surface area contributed by atoms with Crippen molar-refractivity contribution < 1.29 is 17.9 Å². The van der Waals surface area contributed by atoms with Crippen LogP contribution in [0.2, 0.25) is 0 Å². The Morgan fingerprint density at radius 2 is 2.21 bits per heavy atom. The van der Waals surface area contributed by atoms with Gasteiger partial charge in [-0.2, -0.15) is 0 Å². The molecule has 7 nitrogen and oxygen atoms in total. The Labute approximate surface area is 170 Å². The van der Waals surface area contributed by atoms with Crippen molar-refractivity contribution in [3.8, 4) is 5.75 Å². The molecule has 0 saturated carbocycles. The lowest BCUT2D eigenvalue weighted by atomic mass is 10.1. The summed E-state index contributed by atoms with van der Waals surface area (Å²) in [6.45, 7) is 6.52. The van der Waals surface area contributed by atoms with Crippen LogP contribution in [-0.2, 0) is 14.6 Å². The van der Waals surface area contributed by atoms with Gasteiger partial charge in [-0.15, -0.1) is 0 Å². The fourth-order valence-corrected chi connectivity index (χ4v) is 5.96. The van der Waals surface area contributed by atoms with Crippen LogP contribution in [0.3, 0.4) is 0 Å². The number of amides is 1. The number of aromatic nitrogens is 2. The zero-order valence-electron chi connectivity index (χ0n) is 16.5. The number of aromatic amines is 1. The highest BCUT2D eigenvalue weighted by Gasteiger charge is 2.36. The fraction of sp³-hybridized carbons (Fsp3) is 0.579. The fourth-order valence-electron chi connectivity index (χ4n) is 3.50. The molecule has 1 fully saturated rings. The van der Waals surface area contributed by atoms with E-state index >= 15 is 0 Å². The average molecular weight is 426 g/mol. The molecule has 0 unspecified atom stereocenters. The number of hydrogen-bond acceptors (Lipinski definition) is 6. The molecule has 0 radical (unpaired) electrons. The van der Waals surface area contributed by atoms with E-state index in [9.17, 15) is 13.2 Å². The number of thioether (sulfide) groups is 1. The van der Waals surface area contributed by atoms with Gasteiger partial charge in [0, 0.05) is 18.2 Å². The number of carbonyl (C=O) groups is 1. The number of ether oxygens (including phenoxy) is 1. The maximum atomic E-state index is 12.9. The lowest BCUT2D eigenvalue weighted by Crippen LogP contribution is -2.47. The number of rotatable bonds is 8. The van der Waals surface area contributed by atoms with Crippen molar-refractivity contribution in [3.63, 3.8) is 0 Å². The highest BCUT2D eigenvalue weighted by molar-refractivity contribution is 7.99. The van der Waals surface area contributed by atoms with E-state index in [4.69, 9.17) is 4.74 Å². The summed E-state index contributed by atoms with van der Waals surface area (Å²) >= 11 is 1.34. The van der Waals surface area contributed by atoms with E-state index in [1.54, 1.807) is 4.90 Å². The van der Waals surface area contributed by atoms with E-state index < -0.39 is 9.84 Å². The van der Waals surface area contributed by atoms with Crippen molar-refractivity contribution in [3.05, 3.63) is 18.2 Å². The molecule has 1 aliphatic heterocycles. The van der Waals surface area contributed by atoms with Gasteiger partial charge in [-0.3, -0.25) is 4.79 Å². The molecule has 28 heavy (non-hydrogen) atoms. The Bertz CT molecular complexity index is 942. The van der Waals surface area contributed by atoms with Crippen LogP contribution in [0.5, 0.6) is 5.75 Å². The van der Waals surface area contributed by atoms with Crippen molar-refractivity contribution in [1.82, 2.24) is 14.9 Å². The van der Waals surface area contributed by atoms with Gasteiger partial charge in [-0.1, -0.05) is 18.7 Å². The maximum absolute atomic E-state index is 12.9. The van der Waals surface area contributed by atoms with Crippen molar-refractivity contribution in [2.45, 2.75) is 50.9 Å². The number of benzene rings is 1. The average Bonchev–Trinajstić information content (AvgIpc) is 3.22. The van der Waals surface area contributed by atoms with Gasteiger partial charge >= 0.3 is 0 Å². The molecule has 1 N–H and O–H groups in total. The molecule has 9 heteroatoms. The normalized spacial score (nSPS) is 19.6. The maximum Gasteiger partial charge on any atom is 0.233 e.